The first kappa shape index (κ1) is 9.07. The highest BCUT2D eigenvalue weighted by Gasteiger charge is 2.00. The smallest absolute Gasteiger partial charge is 0.205 e. The third-order valence-corrected chi connectivity index (χ3v) is 2.44. The van der Waals surface area contributed by atoms with Crippen LogP contribution in [0.4, 0.5) is 5.13 Å². The molecule has 0 atom stereocenters. The first-order valence-corrected chi connectivity index (χ1v) is 5.07. The van der Waals surface area contributed by atoms with Gasteiger partial charge in [-0.1, -0.05) is 11.3 Å². The van der Waals surface area contributed by atoms with Crippen LogP contribution in [0.5, 0.6) is 0 Å². The van der Waals surface area contributed by atoms with Crippen molar-refractivity contribution in [2.24, 2.45) is 7.05 Å². The summed E-state index contributed by atoms with van der Waals surface area (Å²) in [4.78, 5) is 0. The van der Waals surface area contributed by atoms with E-state index in [9.17, 15) is 0 Å². The van der Waals surface area contributed by atoms with Crippen LogP contribution >= 0.6 is 11.3 Å². The van der Waals surface area contributed by atoms with E-state index in [1.165, 1.54) is 11.3 Å². The SMILES string of the molecule is Cn1cnnc1CCNc1nncs1. The fourth-order valence-electron chi connectivity index (χ4n) is 1.06. The highest BCUT2D eigenvalue weighted by atomic mass is 32.1. The molecular formula is C7H10N6S. The van der Waals surface area contributed by atoms with Crippen molar-refractivity contribution < 1.29 is 0 Å². The van der Waals surface area contributed by atoms with Crippen molar-refractivity contribution in [2.45, 2.75) is 6.42 Å². The molecule has 1 N–H and O–H groups in total. The summed E-state index contributed by atoms with van der Waals surface area (Å²) >= 11 is 1.49. The summed E-state index contributed by atoms with van der Waals surface area (Å²) in [5.74, 6) is 0.960. The minimum absolute atomic E-state index is 0.793. The number of aryl methyl sites for hydroxylation is 1. The monoisotopic (exact) mass is 210 g/mol. The molecule has 0 amide bonds. The molecule has 2 heterocycles. The molecule has 7 heteroatoms. The van der Waals surface area contributed by atoms with Gasteiger partial charge in [-0.05, 0) is 0 Å². The van der Waals surface area contributed by atoms with Gasteiger partial charge in [-0.2, -0.15) is 0 Å². The predicted molar refractivity (Wildman–Crippen MR) is 53.1 cm³/mol. The minimum Gasteiger partial charge on any atom is -0.360 e. The summed E-state index contributed by atoms with van der Waals surface area (Å²) in [5.41, 5.74) is 1.70. The quantitative estimate of drug-likeness (QED) is 0.787. The van der Waals surface area contributed by atoms with Gasteiger partial charge in [0.05, 0.1) is 0 Å². The molecule has 74 valence electrons. The fourth-order valence-corrected chi connectivity index (χ4v) is 1.54. The van der Waals surface area contributed by atoms with Crippen LogP contribution in [0, 0.1) is 0 Å². The van der Waals surface area contributed by atoms with E-state index in [-0.39, 0.29) is 0 Å². The van der Waals surface area contributed by atoms with Gasteiger partial charge in [0, 0.05) is 20.0 Å². The molecule has 0 aliphatic carbocycles. The van der Waals surface area contributed by atoms with Crippen LogP contribution in [0.25, 0.3) is 0 Å². The zero-order valence-corrected chi connectivity index (χ0v) is 8.53. The first-order valence-electron chi connectivity index (χ1n) is 4.19. The molecule has 2 aromatic heterocycles. The van der Waals surface area contributed by atoms with E-state index in [1.807, 2.05) is 11.6 Å². The van der Waals surface area contributed by atoms with Crippen molar-refractivity contribution in [1.29, 1.82) is 0 Å². The maximum Gasteiger partial charge on any atom is 0.205 e. The Kier molecular flexibility index (Phi) is 2.68. The van der Waals surface area contributed by atoms with Crippen LogP contribution in [-0.4, -0.2) is 31.5 Å². The molecular weight excluding hydrogens is 200 g/mol. The number of aromatic nitrogens is 5. The summed E-state index contributed by atoms with van der Waals surface area (Å²) in [6, 6.07) is 0. The normalized spacial score (nSPS) is 10.4. The lowest BCUT2D eigenvalue weighted by atomic mass is 10.4. The fraction of sp³-hybridized carbons (Fsp3) is 0.429. The summed E-state index contributed by atoms with van der Waals surface area (Å²) < 4.78 is 1.90. The molecule has 0 unspecified atom stereocenters. The molecule has 0 aliphatic rings. The van der Waals surface area contributed by atoms with Crippen molar-refractivity contribution >= 4 is 16.5 Å². The van der Waals surface area contributed by atoms with Crippen molar-refractivity contribution in [2.75, 3.05) is 11.9 Å². The van der Waals surface area contributed by atoms with Gasteiger partial charge in [-0.3, -0.25) is 0 Å². The molecule has 0 saturated heterocycles. The molecule has 0 aromatic carbocycles. The second-order valence-electron chi connectivity index (χ2n) is 2.78. The lowest BCUT2D eigenvalue weighted by Gasteiger charge is -2.00. The van der Waals surface area contributed by atoms with Gasteiger partial charge in [0.2, 0.25) is 5.13 Å². The highest BCUT2D eigenvalue weighted by Crippen LogP contribution is 2.07. The summed E-state index contributed by atoms with van der Waals surface area (Å²) in [6.45, 7) is 0.793. The first-order chi connectivity index (χ1) is 6.86. The van der Waals surface area contributed by atoms with Crippen molar-refractivity contribution in [3.05, 3.63) is 17.7 Å². The van der Waals surface area contributed by atoms with Crippen molar-refractivity contribution in [3.63, 3.8) is 0 Å². The third kappa shape index (κ3) is 2.05. The Morgan fingerprint density at radius 2 is 2.36 bits per heavy atom. The zero-order valence-electron chi connectivity index (χ0n) is 7.71. The van der Waals surface area contributed by atoms with E-state index in [1.54, 1.807) is 11.8 Å². The largest absolute Gasteiger partial charge is 0.360 e. The van der Waals surface area contributed by atoms with Gasteiger partial charge in [0.15, 0.2) is 0 Å². The maximum absolute atomic E-state index is 3.97. The van der Waals surface area contributed by atoms with Crippen LogP contribution in [0.3, 0.4) is 0 Å². The van der Waals surface area contributed by atoms with Gasteiger partial charge in [-0.25, -0.2) is 0 Å². The van der Waals surface area contributed by atoms with Crippen LogP contribution in [0.15, 0.2) is 11.8 Å². The van der Waals surface area contributed by atoms with Gasteiger partial charge < -0.3 is 9.88 Å². The molecule has 0 saturated carbocycles. The average Bonchev–Trinajstić information content (AvgIpc) is 2.78. The molecule has 0 fully saturated rings. The Balaban J connectivity index is 1.81. The second kappa shape index (κ2) is 4.14. The van der Waals surface area contributed by atoms with Gasteiger partial charge in [0.25, 0.3) is 0 Å². The minimum atomic E-state index is 0.793. The van der Waals surface area contributed by atoms with E-state index in [0.29, 0.717) is 0 Å². The Hall–Kier alpha value is -1.50. The maximum atomic E-state index is 3.97. The summed E-state index contributed by atoms with van der Waals surface area (Å²) in [7, 11) is 1.93. The van der Waals surface area contributed by atoms with Crippen LogP contribution in [0.1, 0.15) is 5.82 Å². The number of anilines is 1. The molecule has 14 heavy (non-hydrogen) atoms. The van der Waals surface area contributed by atoms with Crippen LogP contribution in [-0.2, 0) is 13.5 Å². The summed E-state index contributed by atoms with van der Waals surface area (Å²) in [6.07, 6.45) is 2.52. The molecule has 2 aromatic rings. The second-order valence-corrected chi connectivity index (χ2v) is 3.61. The molecule has 0 aliphatic heterocycles. The Bertz CT molecular complexity index is 381. The predicted octanol–water partition coefficient (Wildman–Crippen LogP) is 0.321. The number of rotatable bonds is 4. The van der Waals surface area contributed by atoms with E-state index in [2.05, 4.69) is 25.7 Å². The molecule has 6 nitrogen and oxygen atoms in total. The van der Waals surface area contributed by atoms with Crippen molar-refractivity contribution in [1.82, 2.24) is 25.0 Å². The number of nitrogens with zero attached hydrogens (tertiary/aromatic N) is 5. The van der Waals surface area contributed by atoms with Crippen LogP contribution in [0.2, 0.25) is 0 Å². The average molecular weight is 210 g/mol. The molecule has 0 bridgehead atoms. The number of hydrogen-bond acceptors (Lipinski definition) is 6. The van der Waals surface area contributed by atoms with Crippen molar-refractivity contribution in [3.8, 4) is 0 Å². The van der Waals surface area contributed by atoms with Gasteiger partial charge in [-0.15, -0.1) is 20.4 Å². The lowest BCUT2D eigenvalue weighted by molar-refractivity contribution is 0.787. The third-order valence-electron chi connectivity index (χ3n) is 1.79. The van der Waals surface area contributed by atoms with Gasteiger partial charge >= 0.3 is 0 Å². The van der Waals surface area contributed by atoms with Crippen LogP contribution < -0.4 is 5.32 Å². The van der Waals surface area contributed by atoms with E-state index in [4.69, 9.17) is 0 Å². The molecule has 2 rings (SSSR count). The number of hydrogen-bond donors (Lipinski definition) is 1. The molecule has 0 radical (unpaired) electrons. The van der Waals surface area contributed by atoms with Gasteiger partial charge in [0.1, 0.15) is 17.7 Å². The highest BCUT2D eigenvalue weighted by molar-refractivity contribution is 7.13. The zero-order chi connectivity index (χ0) is 9.80. The van der Waals surface area contributed by atoms with E-state index >= 15 is 0 Å². The topological polar surface area (TPSA) is 68.5 Å². The summed E-state index contributed by atoms with van der Waals surface area (Å²) in [5, 5.41) is 19.4. The molecule has 0 spiro atoms. The Labute approximate surface area is 85.0 Å². The Morgan fingerprint density at radius 3 is 3.00 bits per heavy atom. The number of nitrogens with one attached hydrogen (secondary N) is 1. The Morgan fingerprint density at radius 1 is 1.43 bits per heavy atom. The lowest BCUT2D eigenvalue weighted by Crippen LogP contribution is -2.08. The van der Waals surface area contributed by atoms with E-state index < -0.39 is 0 Å². The van der Waals surface area contributed by atoms with E-state index in [0.717, 1.165) is 23.9 Å². The standard InChI is InChI=1S/C7H10N6S/c1-13-4-9-11-6(13)2-3-8-7-12-10-5-14-7/h4-5H,2-3H2,1H3,(H,8,12).